The topological polar surface area (TPSA) is 74.3 Å². The van der Waals surface area contributed by atoms with Crippen molar-refractivity contribution in [3.63, 3.8) is 0 Å². The maximum Gasteiger partial charge on any atom is 0.316 e. The fraction of sp³-hybridized carbons (Fsp3) is 0.250. The molecule has 0 fully saturated rings. The maximum absolute atomic E-state index is 5.66. The number of rotatable bonds is 4. The second-order valence-electron chi connectivity index (χ2n) is 5.23. The van der Waals surface area contributed by atoms with Gasteiger partial charge in [0.25, 0.3) is 0 Å². The summed E-state index contributed by atoms with van der Waals surface area (Å²) in [4.78, 5) is 0. The Labute approximate surface area is 132 Å². The van der Waals surface area contributed by atoms with Gasteiger partial charge in [0.15, 0.2) is 11.5 Å². The molecule has 3 aromatic rings. The van der Waals surface area contributed by atoms with Gasteiger partial charge in [0.05, 0.1) is 6.54 Å². The molecule has 7 nitrogen and oxygen atoms in total. The molecule has 3 heterocycles. The first kappa shape index (κ1) is 13.7. The highest BCUT2D eigenvalue weighted by molar-refractivity contribution is 5.60. The van der Waals surface area contributed by atoms with E-state index in [1.54, 1.807) is 0 Å². The quantitative estimate of drug-likeness (QED) is 0.797. The highest BCUT2D eigenvalue weighted by atomic mass is 16.6. The zero-order valence-electron chi connectivity index (χ0n) is 12.7. The van der Waals surface area contributed by atoms with E-state index in [9.17, 15) is 0 Å². The number of hydrogen-bond acceptors (Lipinski definition) is 6. The van der Waals surface area contributed by atoms with Crippen LogP contribution in [0.1, 0.15) is 5.69 Å². The number of fused-ring (bicyclic) bond motifs is 1. The van der Waals surface area contributed by atoms with Gasteiger partial charge < -0.3 is 23.8 Å². The van der Waals surface area contributed by atoms with Crippen LogP contribution in [0.5, 0.6) is 11.5 Å². The molecule has 0 unspecified atom stereocenters. The fourth-order valence-corrected chi connectivity index (χ4v) is 2.43. The summed E-state index contributed by atoms with van der Waals surface area (Å²) in [5.74, 6) is 1.88. The smallest absolute Gasteiger partial charge is 0.316 e. The summed E-state index contributed by atoms with van der Waals surface area (Å²) in [6.45, 7) is 1.73. The van der Waals surface area contributed by atoms with E-state index in [0.717, 1.165) is 17.0 Å². The maximum atomic E-state index is 5.66. The highest BCUT2D eigenvalue weighted by Crippen LogP contribution is 2.34. The van der Waals surface area contributed by atoms with Crippen molar-refractivity contribution in [3.05, 3.63) is 42.2 Å². The van der Waals surface area contributed by atoms with Gasteiger partial charge in [0.2, 0.25) is 5.89 Å². The molecule has 0 bridgehead atoms. The van der Waals surface area contributed by atoms with Crippen molar-refractivity contribution in [2.75, 3.05) is 18.5 Å². The molecule has 1 N–H and O–H groups in total. The summed E-state index contributed by atoms with van der Waals surface area (Å²) >= 11 is 0. The van der Waals surface area contributed by atoms with Crippen LogP contribution >= 0.6 is 0 Å². The van der Waals surface area contributed by atoms with E-state index in [0.29, 0.717) is 37.4 Å². The monoisotopic (exact) mass is 312 g/mol. The first-order chi connectivity index (χ1) is 11.3. The van der Waals surface area contributed by atoms with Gasteiger partial charge in [0.1, 0.15) is 13.2 Å². The van der Waals surface area contributed by atoms with Crippen molar-refractivity contribution < 1.29 is 13.9 Å². The molecule has 4 rings (SSSR count). The first-order valence-electron chi connectivity index (χ1n) is 7.37. The first-order valence-corrected chi connectivity index (χ1v) is 7.37. The Balaban J connectivity index is 1.50. The molecule has 118 valence electrons. The lowest BCUT2D eigenvalue weighted by atomic mass is 10.2. The second-order valence-corrected chi connectivity index (χ2v) is 5.23. The summed E-state index contributed by atoms with van der Waals surface area (Å²) < 4.78 is 18.8. The van der Waals surface area contributed by atoms with Crippen molar-refractivity contribution in [1.29, 1.82) is 0 Å². The zero-order valence-corrected chi connectivity index (χ0v) is 12.7. The number of nitrogens with zero attached hydrogens (tertiary/aromatic N) is 3. The van der Waals surface area contributed by atoms with Gasteiger partial charge in [-0.3, -0.25) is 0 Å². The normalized spacial score (nSPS) is 13.1. The Bertz CT molecular complexity index is 824. The van der Waals surface area contributed by atoms with Gasteiger partial charge in [-0.05, 0) is 30.3 Å². The molecule has 1 aromatic carbocycles. The molecule has 2 aromatic heterocycles. The molecule has 0 aliphatic carbocycles. The number of aromatic nitrogens is 3. The molecule has 0 amide bonds. The van der Waals surface area contributed by atoms with Crippen LogP contribution in [0.15, 0.2) is 40.9 Å². The van der Waals surface area contributed by atoms with Crippen LogP contribution in [0.25, 0.3) is 11.5 Å². The largest absolute Gasteiger partial charge is 0.486 e. The SMILES string of the molecule is Cn1cccc1CNc1nnc(-c2ccc3c(c2)OCCO3)o1. The summed E-state index contributed by atoms with van der Waals surface area (Å²) in [5, 5.41) is 11.2. The van der Waals surface area contributed by atoms with E-state index >= 15 is 0 Å². The Morgan fingerprint density at radius 3 is 2.83 bits per heavy atom. The summed E-state index contributed by atoms with van der Waals surface area (Å²) in [5.41, 5.74) is 1.93. The Morgan fingerprint density at radius 1 is 1.13 bits per heavy atom. The zero-order chi connectivity index (χ0) is 15.6. The van der Waals surface area contributed by atoms with Crippen molar-refractivity contribution in [3.8, 4) is 23.0 Å². The predicted molar refractivity (Wildman–Crippen MR) is 83.5 cm³/mol. The molecule has 23 heavy (non-hydrogen) atoms. The van der Waals surface area contributed by atoms with Crippen molar-refractivity contribution >= 4 is 6.01 Å². The molecule has 0 spiro atoms. The van der Waals surface area contributed by atoms with Crippen LogP contribution in [0, 0.1) is 0 Å². The molecular weight excluding hydrogens is 296 g/mol. The molecule has 0 radical (unpaired) electrons. The second kappa shape index (κ2) is 5.68. The number of hydrogen-bond donors (Lipinski definition) is 1. The van der Waals surface area contributed by atoms with Gasteiger partial charge in [-0.2, -0.15) is 0 Å². The molecular formula is C16H16N4O3. The van der Waals surface area contributed by atoms with Crippen molar-refractivity contribution in [2.24, 2.45) is 7.05 Å². The van der Waals surface area contributed by atoms with Crippen LogP contribution in [-0.2, 0) is 13.6 Å². The van der Waals surface area contributed by atoms with Crippen LogP contribution in [0.2, 0.25) is 0 Å². The van der Waals surface area contributed by atoms with E-state index in [1.165, 1.54) is 0 Å². The molecule has 1 aliphatic rings. The van der Waals surface area contributed by atoms with E-state index < -0.39 is 0 Å². The third kappa shape index (κ3) is 2.73. The van der Waals surface area contributed by atoms with Gasteiger partial charge in [-0.15, -0.1) is 5.10 Å². The molecule has 0 atom stereocenters. The fourth-order valence-electron chi connectivity index (χ4n) is 2.43. The average Bonchev–Trinajstić information content (AvgIpc) is 3.21. The Morgan fingerprint density at radius 2 is 2.00 bits per heavy atom. The van der Waals surface area contributed by atoms with Crippen LogP contribution in [-0.4, -0.2) is 28.0 Å². The van der Waals surface area contributed by atoms with Crippen LogP contribution in [0.4, 0.5) is 6.01 Å². The van der Waals surface area contributed by atoms with Gasteiger partial charge in [-0.25, -0.2) is 0 Å². The van der Waals surface area contributed by atoms with E-state index in [4.69, 9.17) is 13.9 Å². The molecule has 7 heteroatoms. The number of nitrogens with one attached hydrogen (secondary N) is 1. The molecule has 0 saturated heterocycles. The number of anilines is 1. The van der Waals surface area contributed by atoms with E-state index in [1.807, 2.05) is 48.1 Å². The standard InChI is InChI=1S/C16H16N4O3/c1-20-6-2-3-12(20)10-17-16-19-18-15(23-16)11-4-5-13-14(9-11)22-8-7-21-13/h2-6,9H,7-8,10H2,1H3,(H,17,19). The average molecular weight is 312 g/mol. The number of aryl methyl sites for hydroxylation is 1. The van der Waals surface area contributed by atoms with Crippen molar-refractivity contribution in [1.82, 2.24) is 14.8 Å². The number of benzene rings is 1. The summed E-state index contributed by atoms with van der Waals surface area (Å²) in [6, 6.07) is 9.99. The Hall–Kier alpha value is -2.96. The Kier molecular flexibility index (Phi) is 3.38. The third-order valence-electron chi connectivity index (χ3n) is 3.69. The molecule has 1 aliphatic heterocycles. The predicted octanol–water partition coefficient (Wildman–Crippen LogP) is 2.46. The van der Waals surface area contributed by atoms with Crippen LogP contribution < -0.4 is 14.8 Å². The lowest BCUT2D eigenvalue weighted by molar-refractivity contribution is 0.171. The summed E-state index contributed by atoms with van der Waals surface area (Å²) in [7, 11) is 1.99. The third-order valence-corrected chi connectivity index (χ3v) is 3.69. The van der Waals surface area contributed by atoms with Crippen molar-refractivity contribution in [2.45, 2.75) is 6.54 Å². The van der Waals surface area contributed by atoms with Gasteiger partial charge in [0, 0.05) is 24.5 Å². The minimum absolute atomic E-state index is 0.385. The minimum atomic E-state index is 0.385. The number of ether oxygens (including phenoxy) is 2. The highest BCUT2D eigenvalue weighted by Gasteiger charge is 2.15. The van der Waals surface area contributed by atoms with E-state index in [2.05, 4.69) is 15.5 Å². The minimum Gasteiger partial charge on any atom is -0.486 e. The summed E-state index contributed by atoms with van der Waals surface area (Å²) in [6.07, 6.45) is 1.99. The lowest BCUT2D eigenvalue weighted by Gasteiger charge is -2.18. The van der Waals surface area contributed by atoms with Gasteiger partial charge in [-0.1, -0.05) is 5.10 Å². The van der Waals surface area contributed by atoms with E-state index in [-0.39, 0.29) is 0 Å². The van der Waals surface area contributed by atoms with Gasteiger partial charge >= 0.3 is 6.01 Å². The van der Waals surface area contributed by atoms with Crippen LogP contribution in [0.3, 0.4) is 0 Å². The lowest BCUT2D eigenvalue weighted by Crippen LogP contribution is -2.15. The molecule has 0 saturated carbocycles.